The van der Waals surface area contributed by atoms with Crippen LogP contribution in [-0.4, -0.2) is 16.1 Å². The van der Waals surface area contributed by atoms with Crippen molar-refractivity contribution in [2.24, 2.45) is 0 Å². The standard InChI is InChI=1S/C9H8F3NO2/c1-4-2-5(10)6(3-7(14)15)13-8(4)9(11)12/h2,9H,3H2,1H3,(H,14,15). The van der Waals surface area contributed by atoms with Gasteiger partial charge in [0.2, 0.25) is 0 Å². The number of aryl methyl sites for hydroxylation is 1. The molecule has 3 nitrogen and oxygen atoms in total. The van der Waals surface area contributed by atoms with Gasteiger partial charge in [0.15, 0.2) is 0 Å². The monoisotopic (exact) mass is 219 g/mol. The molecule has 0 fully saturated rings. The highest BCUT2D eigenvalue weighted by molar-refractivity contribution is 5.69. The molecule has 0 atom stereocenters. The first kappa shape index (κ1) is 11.5. The summed E-state index contributed by atoms with van der Waals surface area (Å²) in [7, 11) is 0. The summed E-state index contributed by atoms with van der Waals surface area (Å²) in [5.41, 5.74) is -1.03. The molecule has 0 amide bonds. The Balaban J connectivity index is 3.17. The summed E-state index contributed by atoms with van der Waals surface area (Å²) >= 11 is 0. The molecule has 0 aliphatic heterocycles. The molecule has 0 spiro atoms. The van der Waals surface area contributed by atoms with Gasteiger partial charge in [-0.15, -0.1) is 0 Å². The number of hydrogen-bond acceptors (Lipinski definition) is 2. The van der Waals surface area contributed by atoms with E-state index in [1.54, 1.807) is 0 Å². The van der Waals surface area contributed by atoms with Crippen molar-refractivity contribution in [1.29, 1.82) is 0 Å². The number of aliphatic carboxylic acids is 1. The molecule has 0 unspecified atom stereocenters. The lowest BCUT2D eigenvalue weighted by molar-refractivity contribution is -0.136. The number of rotatable bonds is 3. The summed E-state index contributed by atoms with van der Waals surface area (Å²) in [5.74, 6) is -2.19. The van der Waals surface area contributed by atoms with Crippen LogP contribution in [0.4, 0.5) is 13.2 Å². The zero-order valence-electron chi connectivity index (χ0n) is 7.80. The van der Waals surface area contributed by atoms with Crippen LogP contribution in [0.15, 0.2) is 6.07 Å². The molecule has 0 aliphatic carbocycles. The lowest BCUT2D eigenvalue weighted by atomic mass is 10.1. The first-order valence-electron chi connectivity index (χ1n) is 4.07. The predicted octanol–water partition coefficient (Wildman–Crippen LogP) is 2.09. The molecule has 1 aromatic rings. The summed E-state index contributed by atoms with van der Waals surface area (Å²) in [6.45, 7) is 1.29. The molecule has 82 valence electrons. The number of nitrogens with zero attached hydrogens (tertiary/aromatic N) is 1. The number of carboxylic acids is 1. The van der Waals surface area contributed by atoms with Crippen LogP contribution in [-0.2, 0) is 11.2 Å². The number of aromatic nitrogens is 1. The van der Waals surface area contributed by atoms with Crippen LogP contribution in [0, 0.1) is 12.7 Å². The second-order valence-corrected chi connectivity index (χ2v) is 2.99. The van der Waals surface area contributed by atoms with Crippen molar-refractivity contribution >= 4 is 5.97 Å². The third kappa shape index (κ3) is 2.68. The third-order valence-electron chi connectivity index (χ3n) is 1.80. The van der Waals surface area contributed by atoms with Gasteiger partial charge >= 0.3 is 5.97 Å². The van der Waals surface area contributed by atoms with E-state index in [0.717, 1.165) is 6.07 Å². The van der Waals surface area contributed by atoms with Crippen LogP contribution < -0.4 is 0 Å². The number of alkyl halides is 2. The van der Waals surface area contributed by atoms with Gasteiger partial charge < -0.3 is 5.11 Å². The highest BCUT2D eigenvalue weighted by atomic mass is 19.3. The zero-order chi connectivity index (χ0) is 11.6. The molecule has 0 aliphatic rings. The molecule has 6 heteroatoms. The highest BCUT2D eigenvalue weighted by Gasteiger charge is 2.17. The van der Waals surface area contributed by atoms with Gasteiger partial charge in [-0.25, -0.2) is 18.2 Å². The van der Waals surface area contributed by atoms with E-state index in [0.29, 0.717) is 0 Å². The molecule has 0 saturated heterocycles. The Kier molecular flexibility index (Phi) is 3.28. The maximum Gasteiger partial charge on any atom is 0.309 e. The molecular formula is C9H8F3NO2. The van der Waals surface area contributed by atoms with Crippen molar-refractivity contribution in [2.75, 3.05) is 0 Å². The van der Waals surface area contributed by atoms with Gasteiger partial charge in [-0.2, -0.15) is 0 Å². The van der Waals surface area contributed by atoms with Gasteiger partial charge in [0, 0.05) is 0 Å². The number of pyridine rings is 1. The molecule has 0 radical (unpaired) electrons. The third-order valence-corrected chi connectivity index (χ3v) is 1.80. The Morgan fingerprint density at radius 1 is 1.60 bits per heavy atom. The van der Waals surface area contributed by atoms with E-state index >= 15 is 0 Å². The van der Waals surface area contributed by atoms with Crippen molar-refractivity contribution in [3.8, 4) is 0 Å². The van der Waals surface area contributed by atoms with Crippen LogP contribution in [0.5, 0.6) is 0 Å². The summed E-state index contributed by atoms with van der Waals surface area (Å²) in [5, 5.41) is 8.40. The molecule has 15 heavy (non-hydrogen) atoms. The Hall–Kier alpha value is -1.59. The van der Waals surface area contributed by atoms with Gasteiger partial charge in [0.1, 0.15) is 11.5 Å². The van der Waals surface area contributed by atoms with Crippen LogP contribution in [0.1, 0.15) is 23.4 Å². The van der Waals surface area contributed by atoms with Crippen LogP contribution in [0.2, 0.25) is 0 Å². The summed E-state index contributed by atoms with van der Waals surface area (Å²) in [6, 6.07) is 0.868. The van der Waals surface area contributed by atoms with Crippen molar-refractivity contribution in [3.05, 3.63) is 28.8 Å². The maximum atomic E-state index is 13.1. The normalized spacial score (nSPS) is 10.7. The van der Waals surface area contributed by atoms with Crippen LogP contribution >= 0.6 is 0 Å². The molecule has 1 heterocycles. The Morgan fingerprint density at radius 3 is 2.67 bits per heavy atom. The topological polar surface area (TPSA) is 50.2 Å². The van der Waals surface area contributed by atoms with Gasteiger partial charge in [-0.1, -0.05) is 0 Å². The van der Waals surface area contributed by atoms with Crippen molar-refractivity contribution in [2.45, 2.75) is 19.8 Å². The maximum absolute atomic E-state index is 13.1. The minimum Gasteiger partial charge on any atom is -0.481 e. The molecule has 0 bridgehead atoms. The number of hydrogen-bond donors (Lipinski definition) is 1. The molecule has 1 N–H and O–H groups in total. The van der Waals surface area contributed by atoms with E-state index in [1.165, 1.54) is 6.92 Å². The highest BCUT2D eigenvalue weighted by Crippen LogP contribution is 2.22. The summed E-state index contributed by atoms with van der Waals surface area (Å²) in [6.07, 6.45) is -3.54. The lowest BCUT2D eigenvalue weighted by Crippen LogP contribution is -2.08. The van der Waals surface area contributed by atoms with Gasteiger partial charge in [-0.3, -0.25) is 4.79 Å². The van der Waals surface area contributed by atoms with E-state index in [-0.39, 0.29) is 5.56 Å². The predicted molar refractivity (Wildman–Crippen MR) is 45.2 cm³/mol. The first-order chi connectivity index (χ1) is 6.91. The Morgan fingerprint density at radius 2 is 2.20 bits per heavy atom. The number of carbonyl (C=O) groups is 1. The van der Waals surface area contributed by atoms with Crippen molar-refractivity contribution in [1.82, 2.24) is 4.98 Å². The van der Waals surface area contributed by atoms with E-state index in [9.17, 15) is 18.0 Å². The quantitative estimate of drug-likeness (QED) is 0.846. The van der Waals surface area contributed by atoms with E-state index in [2.05, 4.69) is 4.98 Å². The van der Waals surface area contributed by atoms with Gasteiger partial charge in [-0.05, 0) is 18.6 Å². The fourth-order valence-corrected chi connectivity index (χ4v) is 1.12. The van der Waals surface area contributed by atoms with Crippen LogP contribution in [0.3, 0.4) is 0 Å². The molecule has 0 saturated carbocycles. The SMILES string of the molecule is Cc1cc(F)c(CC(=O)O)nc1C(F)F. The second-order valence-electron chi connectivity index (χ2n) is 2.99. The van der Waals surface area contributed by atoms with Crippen LogP contribution in [0.25, 0.3) is 0 Å². The smallest absolute Gasteiger partial charge is 0.309 e. The number of halogens is 3. The number of carboxylic acid groups (broad SMARTS) is 1. The van der Waals surface area contributed by atoms with Crippen molar-refractivity contribution in [3.63, 3.8) is 0 Å². The zero-order valence-corrected chi connectivity index (χ0v) is 7.80. The van der Waals surface area contributed by atoms with Gasteiger partial charge in [0.25, 0.3) is 6.43 Å². The summed E-state index contributed by atoms with van der Waals surface area (Å²) in [4.78, 5) is 13.6. The van der Waals surface area contributed by atoms with Gasteiger partial charge in [0.05, 0.1) is 12.1 Å². The largest absolute Gasteiger partial charge is 0.481 e. The fraction of sp³-hybridized carbons (Fsp3) is 0.333. The van der Waals surface area contributed by atoms with Crippen molar-refractivity contribution < 1.29 is 23.1 Å². The summed E-state index contributed by atoms with van der Waals surface area (Å²) < 4.78 is 37.8. The minimum absolute atomic E-state index is 0.0108. The van der Waals surface area contributed by atoms with E-state index in [4.69, 9.17) is 5.11 Å². The Bertz CT molecular complexity index is 393. The molecular weight excluding hydrogens is 211 g/mol. The average molecular weight is 219 g/mol. The molecule has 0 aromatic carbocycles. The van der Waals surface area contributed by atoms with E-state index in [1.807, 2.05) is 0 Å². The minimum atomic E-state index is -2.84. The molecule has 1 aromatic heterocycles. The average Bonchev–Trinajstić information content (AvgIpc) is 2.08. The van der Waals surface area contributed by atoms with E-state index < -0.39 is 36.0 Å². The lowest BCUT2D eigenvalue weighted by Gasteiger charge is -2.06. The fourth-order valence-electron chi connectivity index (χ4n) is 1.12. The second kappa shape index (κ2) is 4.29. The molecule has 1 rings (SSSR count). The first-order valence-corrected chi connectivity index (χ1v) is 4.07. The Labute approximate surface area is 83.6 Å².